The number of aromatic hydroxyl groups is 1. The second-order valence-corrected chi connectivity index (χ2v) is 9.54. The lowest BCUT2D eigenvalue weighted by Gasteiger charge is -2.31. The van der Waals surface area contributed by atoms with Gasteiger partial charge in [-0.3, -0.25) is 9.59 Å². The van der Waals surface area contributed by atoms with Gasteiger partial charge in [0, 0.05) is 31.7 Å². The fourth-order valence-electron chi connectivity index (χ4n) is 3.53. The number of phenols is 1. The van der Waals surface area contributed by atoms with Gasteiger partial charge in [-0.2, -0.15) is 4.31 Å². The van der Waals surface area contributed by atoms with Gasteiger partial charge in [0.25, 0.3) is 5.91 Å². The fourth-order valence-corrected chi connectivity index (χ4v) is 5.05. The Hall–Kier alpha value is -2.98. The van der Waals surface area contributed by atoms with Gasteiger partial charge >= 0.3 is 0 Å². The number of hydrogen-bond donors (Lipinski definition) is 3. The molecule has 2 amide bonds. The Morgan fingerprint density at radius 2 is 1.81 bits per heavy atom. The predicted molar refractivity (Wildman–Crippen MR) is 116 cm³/mol. The molecule has 1 atom stereocenters. The van der Waals surface area contributed by atoms with Crippen LogP contribution in [0.15, 0.2) is 53.4 Å². The first-order valence-electron chi connectivity index (χ1n) is 10.4. The van der Waals surface area contributed by atoms with Gasteiger partial charge in [-0.25, -0.2) is 12.8 Å². The van der Waals surface area contributed by atoms with Gasteiger partial charge in [0.05, 0.1) is 10.8 Å². The number of phenolic OH excluding ortho intramolecular Hbond substituents is 1. The van der Waals surface area contributed by atoms with Gasteiger partial charge in [0.2, 0.25) is 15.9 Å². The van der Waals surface area contributed by atoms with Gasteiger partial charge < -0.3 is 15.7 Å². The van der Waals surface area contributed by atoms with E-state index in [0.717, 1.165) is 12.1 Å². The molecule has 1 fully saturated rings. The summed E-state index contributed by atoms with van der Waals surface area (Å²) in [5.74, 6) is -1.53. The molecule has 1 unspecified atom stereocenters. The lowest BCUT2D eigenvalue weighted by molar-refractivity contribution is -0.126. The molecule has 1 aliphatic heterocycles. The Balaban J connectivity index is 1.44. The van der Waals surface area contributed by atoms with Crippen molar-refractivity contribution in [2.75, 3.05) is 26.2 Å². The van der Waals surface area contributed by atoms with E-state index in [0.29, 0.717) is 44.5 Å². The van der Waals surface area contributed by atoms with Crippen molar-refractivity contribution in [3.8, 4) is 5.75 Å². The van der Waals surface area contributed by atoms with E-state index in [-0.39, 0.29) is 29.0 Å². The van der Waals surface area contributed by atoms with E-state index < -0.39 is 21.8 Å². The zero-order valence-electron chi connectivity index (χ0n) is 17.5. The molecule has 0 spiro atoms. The van der Waals surface area contributed by atoms with Crippen molar-refractivity contribution in [3.05, 3.63) is 59.9 Å². The van der Waals surface area contributed by atoms with Crippen LogP contribution in [0.5, 0.6) is 5.75 Å². The largest absolute Gasteiger partial charge is 0.508 e. The molecule has 2 aromatic rings. The maximum absolute atomic E-state index is 13.1. The minimum absolute atomic E-state index is 0.00225. The van der Waals surface area contributed by atoms with Crippen LogP contribution >= 0.6 is 0 Å². The summed E-state index contributed by atoms with van der Waals surface area (Å²) in [6, 6.07) is 10.6. The highest BCUT2D eigenvalue weighted by Gasteiger charge is 2.33. The van der Waals surface area contributed by atoms with Gasteiger partial charge in [0.15, 0.2) is 0 Å². The lowest BCUT2D eigenvalue weighted by atomic mass is 9.99. The highest BCUT2D eigenvalue weighted by molar-refractivity contribution is 7.89. The molecule has 1 saturated heterocycles. The second-order valence-electron chi connectivity index (χ2n) is 7.61. The molecule has 0 bridgehead atoms. The van der Waals surface area contributed by atoms with Gasteiger partial charge in [-0.15, -0.1) is 0 Å². The average Bonchev–Trinajstić information content (AvgIpc) is 2.79. The number of carbonyl (C=O) groups is 2. The summed E-state index contributed by atoms with van der Waals surface area (Å²) in [5, 5.41) is 14.9. The van der Waals surface area contributed by atoms with Gasteiger partial charge in [-0.1, -0.05) is 6.07 Å². The number of nitrogens with one attached hydrogen (secondary N) is 2. The summed E-state index contributed by atoms with van der Waals surface area (Å²) >= 11 is 0. The van der Waals surface area contributed by atoms with Crippen LogP contribution in [0.4, 0.5) is 4.39 Å². The average molecular weight is 464 g/mol. The number of rotatable bonds is 8. The van der Waals surface area contributed by atoms with Crippen molar-refractivity contribution in [1.29, 1.82) is 0 Å². The van der Waals surface area contributed by atoms with Crippen LogP contribution < -0.4 is 10.6 Å². The molecular weight excluding hydrogens is 437 g/mol. The highest BCUT2D eigenvalue weighted by atomic mass is 32.2. The van der Waals surface area contributed by atoms with Crippen molar-refractivity contribution in [2.24, 2.45) is 5.92 Å². The Kier molecular flexibility index (Phi) is 7.81. The van der Waals surface area contributed by atoms with Crippen molar-refractivity contribution in [1.82, 2.24) is 14.9 Å². The third kappa shape index (κ3) is 6.04. The van der Waals surface area contributed by atoms with E-state index in [9.17, 15) is 27.5 Å². The van der Waals surface area contributed by atoms with Crippen molar-refractivity contribution < 1.29 is 27.5 Å². The zero-order chi connectivity index (χ0) is 23.1. The van der Waals surface area contributed by atoms with Crippen LogP contribution in [-0.4, -0.2) is 55.8 Å². The normalized spacial score (nSPS) is 17.0. The van der Waals surface area contributed by atoms with Gasteiger partial charge in [-0.05, 0) is 61.7 Å². The molecule has 172 valence electrons. The van der Waals surface area contributed by atoms with Crippen LogP contribution in [0.2, 0.25) is 0 Å². The minimum Gasteiger partial charge on any atom is -0.508 e. The monoisotopic (exact) mass is 463 g/mol. The smallest absolute Gasteiger partial charge is 0.251 e. The molecule has 8 nitrogen and oxygen atoms in total. The molecular formula is C22H26FN3O5S. The summed E-state index contributed by atoms with van der Waals surface area (Å²) in [6.07, 6.45) is 1.63. The fraction of sp³-hybridized carbons (Fsp3) is 0.364. The van der Waals surface area contributed by atoms with Crippen LogP contribution in [0.3, 0.4) is 0 Å². The maximum Gasteiger partial charge on any atom is 0.251 e. The molecule has 2 aromatic carbocycles. The topological polar surface area (TPSA) is 116 Å². The third-order valence-corrected chi connectivity index (χ3v) is 7.13. The molecule has 0 saturated carbocycles. The molecule has 32 heavy (non-hydrogen) atoms. The molecule has 3 N–H and O–H groups in total. The number of carbonyl (C=O) groups excluding carboxylic acids is 2. The summed E-state index contributed by atoms with van der Waals surface area (Å²) in [6.45, 7) is 1.05. The predicted octanol–water partition coefficient (Wildman–Crippen LogP) is 1.87. The van der Waals surface area contributed by atoms with Crippen LogP contribution in [0.1, 0.15) is 29.6 Å². The Morgan fingerprint density at radius 3 is 2.53 bits per heavy atom. The number of hydrogen-bond acceptors (Lipinski definition) is 5. The zero-order valence-corrected chi connectivity index (χ0v) is 18.3. The summed E-state index contributed by atoms with van der Waals surface area (Å²) in [7, 11) is -3.79. The van der Waals surface area contributed by atoms with E-state index in [1.807, 2.05) is 0 Å². The van der Waals surface area contributed by atoms with E-state index in [1.54, 1.807) is 12.1 Å². The van der Waals surface area contributed by atoms with E-state index in [1.165, 1.54) is 28.6 Å². The molecule has 0 radical (unpaired) electrons. The number of piperidine rings is 1. The lowest BCUT2D eigenvalue weighted by Crippen LogP contribution is -2.45. The number of halogens is 1. The van der Waals surface area contributed by atoms with Crippen LogP contribution in [-0.2, 0) is 14.8 Å². The highest BCUT2D eigenvalue weighted by Crippen LogP contribution is 2.24. The first-order valence-corrected chi connectivity index (χ1v) is 11.8. The Labute approximate surface area is 186 Å². The SMILES string of the molecule is O=C(NCCCNC(=O)C1CCCN(S(=O)(=O)c2ccc(F)cc2)C1)c1cccc(O)c1. The van der Waals surface area contributed by atoms with Gasteiger partial charge in [0.1, 0.15) is 11.6 Å². The van der Waals surface area contributed by atoms with Crippen LogP contribution in [0, 0.1) is 11.7 Å². The molecule has 0 aliphatic carbocycles. The Morgan fingerprint density at radius 1 is 1.09 bits per heavy atom. The molecule has 1 heterocycles. The van der Waals surface area contributed by atoms with E-state index in [4.69, 9.17) is 0 Å². The summed E-state index contributed by atoms with van der Waals surface area (Å²) in [4.78, 5) is 24.5. The molecule has 10 heteroatoms. The van der Waals surface area contributed by atoms with Crippen molar-refractivity contribution >= 4 is 21.8 Å². The number of benzene rings is 2. The second kappa shape index (κ2) is 10.6. The third-order valence-electron chi connectivity index (χ3n) is 5.25. The standard InChI is InChI=1S/C22H26FN3O5S/c23-18-7-9-20(10-8-18)32(30,31)26-13-2-5-17(15-26)22(29)25-12-3-11-24-21(28)16-4-1-6-19(27)14-16/h1,4,6-10,14,17,27H,2-3,5,11-13,15H2,(H,24,28)(H,25,29). The summed E-state index contributed by atoms with van der Waals surface area (Å²) in [5.41, 5.74) is 0.346. The molecule has 0 aromatic heterocycles. The number of sulfonamides is 1. The summed E-state index contributed by atoms with van der Waals surface area (Å²) < 4.78 is 39.9. The van der Waals surface area contributed by atoms with E-state index >= 15 is 0 Å². The van der Waals surface area contributed by atoms with Crippen molar-refractivity contribution in [2.45, 2.75) is 24.2 Å². The minimum atomic E-state index is -3.79. The number of nitrogens with zero attached hydrogens (tertiary/aromatic N) is 1. The Bertz CT molecular complexity index is 1060. The quantitative estimate of drug-likeness (QED) is 0.517. The molecule has 1 aliphatic rings. The van der Waals surface area contributed by atoms with E-state index in [2.05, 4.69) is 10.6 Å². The first-order chi connectivity index (χ1) is 15.3. The number of amides is 2. The maximum atomic E-state index is 13.1. The molecule has 3 rings (SSSR count). The first kappa shape index (κ1) is 23.7. The van der Waals surface area contributed by atoms with Crippen molar-refractivity contribution in [3.63, 3.8) is 0 Å². The van der Waals surface area contributed by atoms with Crippen LogP contribution in [0.25, 0.3) is 0 Å².